The van der Waals surface area contributed by atoms with Gasteiger partial charge in [0.2, 0.25) is 0 Å². The average molecular weight is 529 g/mol. The number of carbonyl (C=O) groups excluding carboxylic acids is 1. The molecule has 2 aliphatic rings. The fraction of sp³-hybridized carbons (Fsp3) is 0.452. The van der Waals surface area contributed by atoms with E-state index in [0.29, 0.717) is 5.56 Å². The third-order valence-corrected chi connectivity index (χ3v) is 8.65. The van der Waals surface area contributed by atoms with Gasteiger partial charge in [-0.05, 0) is 86.9 Å². The van der Waals surface area contributed by atoms with Crippen LogP contribution in [0.15, 0.2) is 42.6 Å². The molecule has 2 atom stereocenters. The molecule has 2 aromatic carbocycles. The van der Waals surface area contributed by atoms with Gasteiger partial charge in [-0.25, -0.2) is 0 Å². The number of aryl methyl sites for hydroxylation is 1. The highest BCUT2D eigenvalue weighted by Crippen LogP contribution is 2.56. The summed E-state index contributed by atoms with van der Waals surface area (Å²) in [5.74, 6) is -0.189. The molecule has 5 rings (SSSR count). The number of aliphatic carboxylic acids is 1. The molecule has 1 aliphatic heterocycles. The smallest absolute Gasteiger partial charge is 0.305 e. The highest BCUT2D eigenvalue weighted by molar-refractivity contribution is 5.94. The summed E-state index contributed by atoms with van der Waals surface area (Å²) in [7, 11) is 1.72. The van der Waals surface area contributed by atoms with E-state index in [1.165, 1.54) is 5.39 Å². The Bertz CT molecular complexity index is 1410. The molecule has 1 amide bonds. The lowest BCUT2D eigenvalue weighted by molar-refractivity contribution is -0.137. The van der Waals surface area contributed by atoms with E-state index in [2.05, 4.69) is 40.3 Å². The lowest BCUT2D eigenvalue weighted by Gasteiger charge is -2.53. The molecule has 8 heteroatoms. The molecule has 1 saturated heterocycles. The number of nitrogens with zero attached hydrogens (tertiary/aromatic N) is 2. The number of hydrogen-bond acceptors (Lipinski definition) is 5. The van der Waals surface area contributed by atoms with Gasteiger partial charge in [-0.1, -0.05) is 12.1 Å². The molecule has 39 heavy (non-hydrogen) atoms. The van der Waals surface area contributed by atoms with E-state index in [4.69, 9.17) is 9.84 Å². The number of carbonyl (C=O) groups is 2. The number of amides is 1. The van der Waals surface area contributed by atoms with Crippen LogP contribution in [0, 0.1) is 29.6 Å². The number of carboxylic acid groups (broad SMARTS) is 1. The van der Waals surface area contributed by atoms with E-state index in [-0.39, 0.29) is 29.7 Å². The lowest BCUT2D eigenvalue weighted by Crippen LogP contribution is -2.48. The van der Waals surface area contributed by atoms with Gasteiger partial charge in [0.25, 0.3) is 5.91 Å². The van der Waals surface area contributed by atoms with Gasteiger partial charge in [-0.3, -0.25) is 14.5 Å². The molecule has 2 heterocycles. The van der Waals surface area contributed by atoms with Gasteiger partial charge in [0.05, 0.1) is 19.6 Å². The summed E-state index contributed by atoms with van der Waals surface area (Å²) in [6.07, 6.45) is 5.78. The summed E-state index contributed by atoms with van der Waals surface area (Å²) >= 11 is 0. The zero-order valence-corrected chi connectivity index (χ0v) is 22.8. The number of rotatable bonds is 8. The second-order valence-electron chi connectivity index (χ2n) is 11.4. The molecule has 1 saturated carbocycles. The third kappa shape index (κ3) is 5.37. The summed E-state index contributed by atoms with van der Waals surface area (Å²) in [6.45, 7) is 5.42. The second kappa shape index (κ2) is 10.7. The van der Waals surface area contributed by atoms with Crippen molar-refractivity contribution in [1.82, 2.24) is 15.2 Å². The summed E-state index contributed by atoms with van der Waals surface area (Å²) in [4.78, 5) is 29.5. The summed E-state index contributed by atoms with van der Waals surface area (Å²) in [5.41, 5.74) is 5.26. The molecule has 8 nitrogen and oxygen atoms in total. The average Bonchev–Trinajstić information content (AvgIpc) is 3.39. The van der Waals surface area contributed by atoms with Crippen molar-refractivity contribution in [3.63, 3.8) is 0 Å². The first kappa shape index (κ1) is 26.8. The normalized spacial score (nSPS) is 23.6. The van der Waals surface area contributed by atoms with E-state index < -0.39 is 12.0 Å². The Labute approximate surface area is 229 Å². The standard InChI is InChI=1S/C31H36N4O4/c1-19-12-27(39-3)25(24-8-10-33-29(19)24)18-35-11-9-31(14-21(15-31)17-32)16-26(35)22-4-6-23(7-5-22)30(38)34-20(2)13-28(36)37/h4-8,10,12,20-21,26,33H,9,11,13-16,18H2,1-3H3,(H,34,38)(H,36,37)/t20-,21?,26-,31?/m0/s1. The SMILES string of the molecule is COc1cc(C)c2[nH]ccc2c1CN1CCC2(CC(C#N)C2)C[C@H]1c1ccc(C(=O)N[C@@H](C)CC(=O)O)cc1. The van der Waals surface area contributed by atoms with Crippen LogP contribution in [0.25, 0.3) is 10.9 Å². The molecule has 1 aliphatic carbocycles. The zero-order valence-electron chi connectivity index (χ0n) is 22.8. The van der Waals surface area contributed by atoms with Gasteiger partial charge in [-0.2, -0.15) is 5.26 Å². The number of aromatic amines is 1. The van der Waals surface area contributed by atoms with Crippen molar-refractivity contribution in [2.45, 2.75) is 64.6 Å². The van der Waals surface area contributed by atoms with Gasteiger partial charge >= 0.3 is 5.97 Å². The number of piperidine rings is 1. The Morgan fingerprint density at radius 3 is 2.67 bits per heavy atom. The topological polar surface area (TPSA) is 118 Å². The van der Waals surface area contributed by atoms with Crippen LogP contribution in [-0.2, 0) is 11.3 Å². The largest absolute Gasteiger partial charge is 0.496 e. The minimum atomic E-state index is -0.943. The Morgan fingerprint density at radius 2 is 2.00 bits per heavy atom. The van der Waals surface area contributed by atoms with E-state index in [1.54, 1.807) is 14.0 Å². The summed E-state index contributed by atoms with van der Waals surface area (Å²) in [5, 5.41) is 22.4. The van der Waals surface area contributed by atoms with Crippen molar-refractivity contribution in [1.29, 1.82) is 5.26 Å². The van der Waals surface area contributed by atoms with Gasteiger partial charge in [-0.15, -0.1) is 0 Å². The van der Waals surface area contributed by atoms with Crippen molar-refractivity contribution in [2.75, 3.05) is 13.7 Å². The van der Waals surface area contributed by atoms with E-state index in [0.717, 1.165) is 66.7 Å². The Morgan fingerprint density at radius 1 is 1.26 bits per heavy atom. The van der Waals surface area contributed by atoms with Gasteiger partial charge in [0, 0.05) is 52.8 Å². The molecule has 3 aromatic rings. The number of carboxylic acids is 1. The van der Waals surface area contributed by atoms with Crippen molar-refractivity contribution in [3.05, 3.63) is 64.8 Å². The predicted octanol–water partition coefficient (Wildman–Crippen LogP) is 5.34. The second-order valence-corrected chi connectivity index (χ2v) is 11.4. The van der Waals surface area contributed by atoms with Crippen LogP contribution in [0.3, 0.4) is 0 Å². The molecule has 1 aromatic heterocycles. The molecule has 1 spiro atoms. The zero-order chi connectivity index (χ0) is 27.7. The Balaban J connectivity index is 1.42. The lowest BCUT2D eigenvalue weighted by atomic mass is 9.56. The third-order valence-electron chi connectivity index (χ3n) is 8.65. The van der Waals surface area contributed by atoms with E-state index in [1.807, 2.05) is 30.5 Å². The Kier molecular flexibility index (Phi) is 7.37. The fourth-order valence-electron chi connectivity index (χ4n) is 6.60. The molecule has 0 radical (unpaired) electrons. The molecule has 2 fully saturated rings. The molecule has 3 N–H and O–H groups in total. The number of nitrogens with one attached hydrogen (secondary N) is 2. The maximum absolute atomic E-state index is 12.7. The summed E-state index contributed by atoms with van der Waals surface area (Å²) in [6, 6.07) is 14.0. The van der Waals surface area contributed by atoms with E-state index >= 15 is 0 Å². The molecule has 204 valence electrons. The fourth-order valence-corrected chi connectivity index (χ4v) is 6.60. The summed E-state index contributed by atoms with van der Waals surface area (Å²) < 4.78 is 5.83. The predicted molar refractivity (Wildman–Crippen MR) is 148 cm³/mol. The van der Waals surface area contributed by atoms with Gasteiger partial charge in [0.1, 0.15) is 5.75 Å². The van der Waals surface area contributed by atoms with Crippen LogP contribution in [0.5, 0.6) is 5.75 Å². The first-order chi connectivity index (χ1) is 18.7. The van der Waals surface area contributed by atoms with E-state index in [9.17, 15) is 14.9 Å². The highest BCUT2D eigenvalue weighted by atomic mass is 16.5. The monoisotopic (exact) mass is 528 g/mol. The van der Waals surface area contributed by atoms with Crippen molar-refractivity contribution >= 4 is 22.8 Å². The number of likely N-dealkylation sites (tertiary alicyclic amines) is 1. The number of fused-ring (bicyclic) bond motifs is 1. The van der Waals surface area contributed by atoms with Crippen LogP contribution < -0.4 is 10.1 Å². The van der Waals surface area contributed by atoms with Crippen molar-refractivity contribution < 1.29 is 19.4 Å². The quantitative estimate of drug-likeness (QED) is 0.363. The molecule has 0 unspecified atom stereocenters. The van der Waals surface area contributed by atoms with Crippen LogP contribution in [0.2, 0.25) is 0 Å². The van der Waals surface area contributed by atoms with Crippen LogP contribution >= 0.6 is 0 Å². The van der Waals surface area contributed by atoms with Gasteiger partial charge in [0.15, 0.2) is 0 Å². The molecule has 0 bridgehead atoms. The maximum Gasteiger partial charge on any atom is 0.305 e. The first-order valence-electron chi connectivity index (χ1n) is 13.6. The number of aromatic nitrogens is 1. The number of H-pyrrole nitrogens is 1. The van der Waals surface area contributed by atoms with Gasteiger partial charge < -0.3 is 20.1 Å². The van der Waals surface area contributed by atoms with Crippen LogP contribution in [0.4, 0.5) is 0 Å². The molecular formula is C31H36N4O4. The molecular weight excluding hydrogens is 492 g/mol. The number of ether oxygens (including phenoxy) is 1. The van der Waals surface area contributed by atoms with Crippen LogP contribution in [0.1, 0.15) is 72.1 Å². The van der Waals surface area contributed by atoms with Crippen molar-refractivity contribution in [3.8, 4) is 11.8 Å². The van der Waals surface area contributed by atoms with Crippen molar-refractivity contribution in [2.24, 2.45) is 11.3 Å². The number of methoxy groups -OCH3 is 1. The highest BCUT2D eigenvalue weighted by Gasteiger charge is 2.49. The minimum absolute atomic E-state index is 0.122. The number of nitriles is 1. The Hall–Kier alpha value is -3.83. The maximum atomic E-state index is 12.7. The van der Waals surface area contributed by atoms with Crippen LogP contribution in [-0.4, -0.2) is 46.6 Å². The first-order valence-corrected chi connectivity index (χ1v) is 13.6. The number of benzene rings is 2. The number of hydrogen-bond donors (Lipinski definition) is 3. The minimum Gasteiger partial charge on any atom is -0.496 e.